The number of ether oxygens (including phenoxy) is 3. The topological polar surface area (TPSA) is 39.7 Å². The minimum atomic E-state index is 0. The maximum atomic E-state index is 6.04. The number of halogens is 2. The Morgan fingerprint density at radius 1 is 0.875 bits per heavy atom. The standard InChI is InChI=1S/C18H22ClNO3.ClH/c1-21-16-7-5-15(19)11-14(16)12-20-9-8-13-4-6-17(22-2)18(10-13)23-3;/h4-7,10-11,20H,8-9,12H2,1-3H3;1H. The van der Waals surface area contributed by atoms with Gasteiger partial charge in [-0.1, -0.05) is 17.7 Å². The van der Waals surface area contributed by atoms with Crippen molar-refractivity contribution in [3.05, 3.63) is 52.5 Å². The molecule has 0 aliphatic rings. The molecular formula is C18H23Cl2NO3. The molecule has 0 amide bonds. The number of methoxy groups -OCH3 is 3. The molecule has 0 saturated carbocycles. The maximum Gasteiger partial charge on any atom is 0.160 e. The van der Waals surface area contributed by atoms with Crippen LogP contribution in [0.2, 0.25) is 5.02 Å². The van der Waals surface area contributed by atoms with Gasteiger partial charge in [-0.3, -0.25) is 0 Å². The van der Waals surface area contributed by atoms with E-state index in [4.69, 9.17) is 25.8 Å². The van der Waals surface area contributed by atoms with Crippen LogP contribution in [0.25, 0.3) is 0 Å². The Bertz CT molecular complexity index is 650. The molecule has 2 rings (SSSR count). The van der Waals surface area contributed by atoms with Crippen molar-refractivity contribution in [3.63, 3.8) is 0 Å². The number of hydrogen-bond donors (Lipinski definition) is 1. The second kappa shape index (κ2) is 10.3. The van der Waals surface area contributed by atoms with Crippen LogP contribution < -0.4 is 19.5 Å². The van der Waals surface area contributed by atoms with Crippen molar-refractivity contribution in [1.29, 1.82) is 0 Å². The smallest absolute Gasteiger partial charge is 0.160 e. The van der Waals surface area contributed by atoms with Gasteiger partial charge in [0.05, 0.1) is 21.3 Å². The summed E-state index contributed by atoms with van der Waals surface area (Å²) in [5, 5.41) is 4.12. The van der Waals surface area contributed by atoms with Gasteiger partial charge >= 0.3 is 0 Å². The van der Waals surface area contributed by atoms with E-state index in [0.29, 0.717) is 11.6 Å². The van der Waals surface area contributed by atoms with Crippen molar-refractivity contribution >= 4 is 24.0 Å². The predicted molar refractivity (Wildman–Crippen MR) is 100 cm³/mol. The average Bonchev–Trinajstić information content (AvgIpc) is 2.58. The summed E-state index contributed by atoms with van der Waals surface area (Å²) < 4.78 is 15.9. The molecule has 0 bridgehead atoms. The second-order valence-electron chi connectivity index (χ2n) is 5.07. The van der Waals surface area contributed by atoms with Gasteiger partial charge in [0.1, 0.15) is 5.75 Å². The van der Waals surface area contributed by atoms with Crippen LogP contribution in [0.4, 0.5) is 0 Å². The SMILES string of the molecule is COc1ccc(Cl)cc1CNCCc1ccc(OC)c(OC)c1.Cl. The van der Waals surface area contributed by atoms with Crippen LogP contribution in [0.15, 0.2) is 36.4 Å². The van der Waals surface area contributed by atoms with Crippen molar-refractivity contribution in [2.45, 2.75) is 13.0 Å². The lowest BCUT2D eigenvalue weighted by Gasteiger charge is -2.11. The molecular weight excluding hydrogens is 349 g/mol. The van der Waals surface area contributed by atoms with Gasteiger partial charge in [0.2, 0.25) is 0 Å². The van der Waals surface area contributed by atoms with Crippen LogP contribution in [0.3, 0.4) is 0 Å². The highest BCUT2D eigenvalue weighted by molar-refractivity contribution is 6.30. The Balaban J connectivity index is 0.00000288. The summed E-state index contributed by atoms with van der Waals surface area (Å²) in [6.45, 7) is 1.54. The Morgan fingerprint density at radius 3 is 2.21 bits per heavy atom. The lowest BCUT2D eigenvalue weighted by Crippen LogP contribution is -2.17. The molecule has 0 spiro atoms. The zero-order valence-corrected chi connectivity index (χ0v) is 15.7. The molecule has 1 N–H and O–H groups in total. The van der Waals surface area contributed by atoms with Crippen LogP contribution in [0.5, 0.6) is 17.2 Å². The van der Waals surface area contributed by atoms with Crippen molar-refractivity contribution in [2.75, 3.05) is 27.9 Å². The molecule has 0 aliphatic heterocycles. The van der Waals surface area contributed by atoms with E-state index in [-0.39, 0.29) is 12.4 Å². The van der Waals surface area contributed by atoms with E-state index < -0.39 is 0 Å². The number of benzene rings is 2. The molecule has 0 aliphatic carbocycles. The van der Waals surface area contributed by atoms with Gasteiger partial charge in [-0.2, -0.15) is 0 Å². The van der Waals surface area contributed by atoms with Gasteiger partial charge in [-0.15, -0.1) is 12.4 Å². The first-order valence-corrected chi connectivity index (χ1v) is 7.79. The van der Waals surface area contributed by atoms with E-state index in [1.165, 1.54) is 5.56 Å². The third kappa shape index (κ3) is 5.48. The molecule has 132 valence electrons. The molecule has 4 nitrogen and oxygen atoms in total. The largest absolute Gasteiger partial charge is 0.496 e. The highest BCUT2D eigenvalue weighted by Crippen LogP contribution is 2.27. The summed E-state index contributed by atoms with van der Waals surface area (Å²) in [6.07, 6.45) is 0.892. The van der Waals surface area contributed by atoms with Crippen LogP contribution in [0, 0.1) is 0 Å². The Hall–Kier alpha value is -1.62. The highest BCUT2D eigenvalue weighted by atomic mass is 35.5. The van der Waals surface area contributed by atoms with Crippen molar-refractivity contribution in [3.8, 4) is 17.2 Å². The number of hydrogen-bond acceptors (Lipinski definition) is 4. The normalized spacial score (nSPS) is 10.0. The average molecular weight is 372 g/mol. The lowest BCUT2D eigenvalue weighted by molar-refractivity contribution is 0.354. The predicted octanol–water partition coefficient (Wildman–Crippen LogP) is 4.12. The Morgan fingerprint density at radius 2 is 1.54 bits per heavy atom. The van der Waals surface area contributed by atoms with E-state index >= 15 is 0 Å². The molecule has 0 radical (unpaired) electrons. The van der Waals surface area contributed by atoms with Crippen molar-refractivity contribution in [1.82, 2.24) is 5.32 Å². The van der Waals surface area contributed by atoms with Gasteiger partial charge < -0.3 is 19.5 Å². The van der Waals surface area contributed by atoms with Crippen molar-refractivity contribution < 1.29 is 14.2 Å². The molecule has 0 aromatic heterocycles. The lowest BCUT2D eigenvalue weighted by atomic mass is 10.1. The monoisotopic (exact) mass is 371 g/mol. The molecule has 2 aromatic rings. The summed E-state index contributed by atoms with van der Waals surface area (Å²) in [4.78, 5) is 0. The third-order valence-electron chi connectivity index (χ3n) is 3.60. The number of nitrogens with one attached hydrogen (secondary N) is 1. The first-order valence-electron chi connectivity index (χ1n) is 7.42. The fraction of sp³-hybridized carbons (Fsp3) is 0.333. The minimum absolute atomic E-state index is 0. The van der Waals surface area contributed by atoms with Gasteiger partial charge in [-0.05, 0) is 48.9 Å². The molecule has 0 saturated heterocycles. The molecule has 0 unspecified atom stereocenters. The summed E-state index contributed by atoms with van der Waals surface area (Å²) >= 11 is 6.04. The minimum Gasteiger partial charge on any atom is -0.496 e. The van der Waals surface area contributed by atoms with E-state index in [9.17, 15) is 0 Å². The summed E-state index contributed by atoms with van der Waals surface area (Å²) in [7, 11) is 4.94. The fourth-order valence-corrected chi connectivity index (χ4v) is 2.57. The van der Waals surface area contributed by atoms with Crippen LogP contribution in [0.1, 0.15) is 11.1 Å². The van der Waals surface area contributed by atoms with Gasteiger partial charge in [0, 0.05) is 17.1 Å². The molecule has 0 atom stereocenters. The highest BCUT2D eigenvalue weighted by Gasteiger charge is 2.06. The van der Waals surface area contributed by atoms with Crippen LogP contribution >= 0.6 is 24.0 Å². The van der Waals surface area contributed by atoms with E-state index in [2.05, 4.69) is 5.32 Å². The molecule has 0 heterocycles. The van der Waals surface area contributed by atoms with Gasteiger partial charge in [-0.25, -0.2) is 0 Å². The van der Waals surface area contributed by atoms with E-state index in [0.717, 1.165) is 35.8 Å². The number of rotatable bonds is 8. The van der Waals surface area contributed by atoms with Crippen LogP contribution in [-0.2, 0) is 13.0 Å². The fourth-order valence-electron chi connectivity index (χ4n) is 2.38. The Labute approximate surface area is 154 Å². The third-order valence-corrected chi connectivity index (χ3v) is 3.83. The maximum absolute atomic E-state index is 6.04. The molecule has 2 aromatic carbocycles. The zero-order chi connectivity index (χ0) is 16.7. The summed E-state index contributed by atoms with van der Waals surface area (Å²) in [6, 6.07) is 11.6. The van der Waals surface area contributed by atoms with Gasteiger partial charge in [0.15, 0.2) is 11.5 Å². The van der Waals surface area contributed by atoms with Crippen LogP contribution in [-0.4, -0.2) is 27.9 Å². The van der Waals surface area contributed by atoms with E-state index in [1.807, 2.05) is 36.4 Å². The quantitative estimate of drug-likeness (QED) is 0.708. The van der Waals surface area contributed by atoms with E-state index in [1.54, 1.807) is 21.3 Å². The Kier molecular flexibility index (Phi) is 8.76. The van der Waals surface area contributed by atoms with Gasteiger partial charge in [0.25, 0.3) is 0 Å². The van der Waals surface area contributed by atoms with Crippen molar-refractivity contribution in [2.24, 2.45) is 0 Å². The molecule has 24 heavy (non-hydrogen) atoms. The summed E-state index contributed by atoms with van der Waals surface area (Å²) in [5.41, 5.74) is 2.24. The zero-order valence-electron chi connectivity index (χ0n) is 14.1. The molecule has 0 fully saturated rings. The summed E-state index contributed by atoms with van der Waals surface area (Å²) in [5.74, 6) is 2.34. The molecule has 6 heteroatoms. The first-order chi connectivity index (χ1) is 11.2. The second-order valence-corrected chi connectivity index (χ2v) is 5.51. The first kappa shape index (κ1) is 20.4.